The van der Waals surface area contributed by atoms with E-state index in [9.17, 15) is 14.4 Å². The van der Waals surface area contributed by atoms with Crippen LogP contribution in [-0.2, 0) is 28.6 Å². The van der Waals surface area contributed by atoms with Crippen molar-refractivity contribution < 1.29 is 28.6 Å². The maximum absolute atomic E-state index is 12.9. The molecule has 0 amide bonds. The lowest BCUT2D eigenvalue weighted by atomic mass is 10.0. The average Bonchev–Trinajstić information content (AvgIpc) is 3.47. The first-order valence-corrected chi connectivity index (χ1v) is 36.3. The minimum Gasteiger partial charge on any atom is -0.462 e. The molecule has 6 nitrogen and oxygen atoms in total. The normalized spacial score (nSPS) is 12.4. The third-order valence-electron chi connectivity index (χ3n) is 16.3. The Labute approximate surface area is 510 Å². The first-order valence-electron chi connectivity index (χ1n) is 36.3. The molecule has 0 aromatic heterocycles. The van der Waals surface area contributed by atoms with Gasteiger partial charge in [0.05, 0.1) is 0 Å². The van der Waals surface area contributed by atoms with Crippen molar-refractivity contribution in [3.05, 3.63) is 60.8 Å². The minimum absolute atomic E-state index is 0.0684. The monoisotopic (exact) mass is 1150 g/mol. The van der Waals surface area contributed by atoms with E-state index in [-0.39, 0.29) is 31.1 Å². The van der Waals surface area contributed by atoms with E-state index in [1.165, 1.54) is 263 Å². The fourth-order valence-corrected chi connectivity index (χ4v) is 10.8. The second-order valence-corrected chi connectivity index (χ2v) is 24.5. The molecule has 0 saturated heterocycles. The van der Waals surface area contributed by atoms with Gasteiger partial charge in [0.1, 0.15) is 13.2 Å². The number of carbonyl (C=O) groups is 3. The standard InChI is InChI=1S/C76H138O6/c1-4-7-10-13-16-19-22-25-27-29-31-33-34-35-36-37-38-39-40-41-42-44-45-47-49-51-54-57-60-63-66-69-75(78)81-72-73(71-80-74(77)68-65-62-59-56-53-24-21-18-15-12-9-6-3)82-76(79)70-67-64-61-58-55-52-50-48-46-43-32-30-28-26-23-20-17-14-11-8-5-2/h7,10,16,19,25,27,30-33,73H,4-6,8-9,11-15,17-18,20-24,26,28-29,34-72H2,1-3H3/b10-7-,19-16-,27-25-,32-30-,33-31-. The number of esters is 3. The largest absolute Gasteiger partial charge is 0.462 e. The lowest BCUT2D eigenvalue weighted by molar-refractivity contribution is -0.167. The van der Waals surface area contributed by atoms with Crippen LogP contribution in [0.25, 0.3) is 0 Å². The van der Waals surface area contributed by atoms with Gasteiger partial charge in [0, 0.05) is 19.3 Å². The SMILES string of the molecule is CC/C=C\C/C=C\C/C=C\C/C=C\CCCCCCCCCCCCCCCCCCCCC(=O)OCC(COC(=O)CCCCCCCCCCCCCC)OC(=O)CCCCCCCCCCC/C=C\CCCCCCCCCC. The van der Waals surface area contributed by atoms with Crippen molar-refractivity contribution in [1.82, 2.24) is 0 Å². The molecule has 0 spiro atoms. The van der Waals surface area contributed by atoms with Crippen molar-refractivity contribution >= 4 is 17.9 Å². The van der Waals surface area contributed by atoms with Gasteiger partial charge in [0.15, 0.2) is 6.10 Å². The minimum atomic E-state index is -0.772. The predicted octanol–water partition coefficient (Wildman–Crippen LogP) is 25.1. The number of hydrogen-bond acceptors (Lipinski definition) is 6. The number of hydrogen-bond donors (Lipinski definition) is 0. The fraction of sp³-hybridized carbons (Fsp3) is 0.829. The molecule has 0 bridgehead atoms. The summed E-state index contributed by atoms with van der Waals surface area (Å²) in [6.45, 7) is 6.59. The summed E-state index contributed by atoms with van der Waals surface area (Å²) >= 11 is 0. The van der Waals surface area contributed by atoms with E-state index in [1.807, 2.05) is 0 Å². The van der Waals surface area contributed by atoms with Gasteiger partial charge in [-0.2, -0.15) is 0 Å². The molecule has 0 heterocycles. The lowest BCUT2D eigenvalue weighted by Crippen LogP contribution is -2.30. The van der Waals surface area contributed by atoms with Gasteiger partial charge in [-0.05, 0) is 83.5 Å². The summed E-state index contributed by atoms with van der Waals surface area (Å²) in [5, 5.41) is 0. The zero-order valence-electron chi connectivity index (χ0n) is 55.0. The Hall–Kier alpha value is -2.89. The Kier molecular flexibility index (Phi) is 68.1. The van der Waals surface area contributed by atoms with Crippen LogP contribution < -0.4 is 0 Å². The Morgan fingerprint density at radius 1 is 0.256 bits per heavy atom. The van der Waals surface area contributed by atoms with Gasteiger partial charge in [-0.1, -0.05) is 345 Å². The molecular weight excluding hydrogens is 1010 g/mol. The first kappa shape index (κ1) is 79.1. The van der Waals surface area contributed by atoms with E-state index in [0.29, 0.717) is 19.3 Å². The lowest BCUT2D eigenvalue weighted by Gasteiger charge is -2.18. The Bertz CT molecular complexity index is 1460. The van der Waals surface area contributed by atoms with Crippen molar-refractivity contribution in [2.24, 2.45) is 0 Å². The van der Waals surface area contributed by atoms with Crippen molar-refractivity contribution in [1.29, 1.82) is 0 Å². The summed E-state index contributed by atoms with van der Waals surface area (Å²) < 4.78 is 17.0. The molecule has 1 atom stereocenters. The molecule has 0 saturated carbocycles. The molecule has 478 valence electrons. The number of ether oxygens (including phenoxy) is 3. The average molecular weight is 1150 g/mol. The van der Waals surface area contributed by atoms with E-state index in [1.54, 1.807) is 0 Å². The molecule has 6 heteroatoms. The summed E-state index contributed by atoms with van der Waals surface area (Å²) in [5.74, 6) is -0.844. The molecule has 0 rings (SSSR count). The summed E-state index contributed by atoms with van der Waals surface area (Å²) in [6.07, 6.45) is 91.2. The van der Waals surface area contributed by atoms with E-state index >= 15 is 0 Å². The zero-order valence-corrected chi connectivity index (χ0v) is 55.0. The Morgan fingerprint density at radius 3 is 0.756 bits per heavy atom. The van der Waals surface area contributed by atoms with Gasteiger partial charge in [-0.3, -0.25) is 14.4 Å². The van der Waals surface area contributed by atoms with Crippen LogP contribution in [0.2, 0.25) is 0 Å². The molecule has 1 unspecified atom stereocenters. The second-order valence-electron chi connectivity index (χ2n) is 24.5. The van der Waals surface area contributed by atoms with E-state index in [4.69, 9.17) is 14.2 Å². The number of rotatable bonds is 67. The Balaban J connectivity index is 4.16. The van der Waals surface area contributed by atoms with Gasteiger partial charge in [0.2, 0.25) is 0 Å². The zero-order chi connectivity index (χ0) is 59.2. The molecule has 0 aromatic carbocycles. The highest BCUT2D eigenvalue weighted by Gasteiger charge is 2.19. The van der Waals surface area contributed by atoms with Crippen molar-refractivity contribution in [2.75, 3.05) is 13.2 Å². The van der Waals surface area contributed by atoms with Crippen LogP contribution in [0, 0.1) is 0 Å². The fourth-order valence-electron chi connectivity index (χ4n) is 10.8. The quantitative estimate of drug-likeness (QED) is 0.0261. The third-order valence-corrected chi connectivity index (χ3v) is 16.3. The second kappa shape index (κ2) is 70.6. The molecule has 82 heavy (non-hydrogen) atoms. The van der Waals surface area contributed by atoms with Crippen LogP contribution in [0.5, 0.6) is 0 Å². The van der Waals surface area contributed by atoms with E-state index in [0.717, 1.165) is 83.5 Å². The van der Waals surface area contributed by atoms with E-state index in [2.05, 4.69) is 81.5 Å². The smallest absolute Gasteiger partial charge is 0.306 e. The van der Waals surface area contributed by atoms with Crippen molar-refractivity contribution in [3.63, 3.8) is 0 Å². The summed E-state index contributed by atoms with van der Waals surface area (Å²) in [4.78, 5) is 38.4. The van der Waals surface area contributed by atoms with Gasteiger partial charge < -0.3 is 14.2 Å². The van der Waals surface area contributed by atoms with Crippen LogP contribution in [0.4, 0.5) is 0 Å². The van der Waals surface area contributed by atoms with Gasteiger partial charge >= 0.3 is 17.9 Å². The van der Waals surface area contributed by atoms with Crippen molar-refractivity contribution in [2.45, 2.75) is 393 Å². The number of allylic oxidation sites excluding steroid dienone is 10. The number of unbranched alkanes of at least 4 members (excludes halogenated alkanes) is 46. The van der Waals surface area contributed by atoms with Crippen LogP contribution in [0.3, 0.4) is 0 Å². The topological polar surface area (TPSA) is 78.9 Å². The van der Waals surface area contributed by atoms with Crippen LogP contribution in [-0.4, -0.2) is 37.2 Å². The molecule has 0 aromatic rings. The number of carbonyl (C=O) groups excluding carboxylic acids is 3. The molecule has 0 aliphatic heterocycles. The highest BCUT2D eigenvalue weighted by Crippen LogP contribution is 2.18. The molecule has 0 radical (unpaired) electrons. The third kappa shape index (κ3) is 67.9. The van der Waals surface area contributed by atoms with Crippen molar-refractivity contribution in [3.8, 4) is 0 Å². The van der Waals surface area contributed by atoms with E-state index < -0.39 is 6.10 Å². The van der Waals surface area contributed by atoms with Crippen LogP contribution in [0.15, 0.2) is 60.8 Å². The van der Waals surface area contributed by atoms with Gasteiger partial charge in [-0.25, -0.2) is 0 Å². The highest BCUT2D eigenvalue weighted by molar-refractivity contribution is 5.71. The predicted molar refractivity (Wildman–Crippen MR) is 358 cm³/mol. The summed E-state index contributed by atoms with van der Waals surface area (Å²) in [6, 6.07) is 0. The van der Waals surface area contributed by atoms with Gasteiger partial charge in [-0.15, -0.1) is 0 Å². The maximum Gasteiger partial charge on any atom is 0.306 e. The first-order chi connectivity index (χ1) is 40.5. The molecular formula is C76H138O6. The molecule has 0 aliphatic carbocycles. The van der Waals surface area contributed by atoms with Crippen LogP contribution >= 0.6 is 0 Å². The summed E-state index contributed by atoms with van der Waals surface area (Å²) in [7, 11) is 0. The van der Waals surface area contributed by atoms with Crippen LogP contribution in [0.1, 0.15) is 387 Å². The summed E-state index contributed by atoms with van der Waals surface area (Å²) in [5.41, 5.74) is 0. The molecule has 0 aliphatic rings. The molecule has 0 fully saturated rings. The highest BCUT2D eigenvalue weighted by atomic mass is 16.6. The Morgan fingerprint density at radius 2 is 0.476 bits per heavy atom. The van der Waals surface area contributed by atoms with Gasteiger partial charge in [0.25, 0.3) is 0 Å². The molecule has 0 N–H and O–H groups in total. The maximum atomic E-state index is 12.9.